The van der Waals surface area contributed by atoms with Gasteiger partial charge in [-0.1, -0.05) is 39.8 Å². The minimum Gasteiger partial charge on any atom is -0.478 e. The normalized spacial score (nSPS) is 13.3. The highest BCUT2D eigenvalue weighted by Gasteiger charge is 2.26. The van der Waals surface area contributed by atoms with Crippen molar-refractivity contribution in [2.45, 2.75) is 46.1 Å². The van der Waals surface area contributed by atoms with E-state index < -0.39 is 5.97 Å². The maximum atomic E-state index is 11.6. The fraction of sp³-hybridized carbons (Fsp3) is 0.458. The molecular weight excluding hydrogens is 364 g/mol. The van der Waals surface area contributed by atoms with Gasteiger partial charge in [-0.25, -0.2) is 4.79 Å². The van der Waals surface area contributed by atoms with Gasteiger partial charge in [0.2, 0.25) is 0 Å². The first kappa shape index (κ1) is 21.2. The molecule has 1 heterocycles. The van der Waals surface area contributed by atoms with Crippen LogP contribution in [0, 0.1) is 0 Å². The van der Waals surface area contributed by atoms with Gasteiger partial charge < -0.3 is 19.6 Å². The standard InChI is InChI=1S/C24H32N2O3/c1-15(2)18-11-19-14-26(10-9-25(5)6)21-13-17(24(27)28)7-8-22(21)29-23(19)20(12-18)16(3)4/h7-8,11-13,15-16H,9-10,14H2,1-6H3,(H,27,28). The van der Waals surface area contributed by atoms with Crippen molar-refractivity contribution in [1.82, 2.24) is 4.90 Å². The third-order valence-corrected chi connectivity index (χ3v) is 5.44. The third-order valence-electron chi connectivity index (χ3n) is 5.44. The first-order chi connectivity index (χ1) is 13.7. The van der Waals surface area contributed by atoms with E-state index in [1.54, 1.807) is 18.2 Å². The summed E-state index contributed by atoms with van der Waals surface area (Å²) in [5.74, 6) is 1.47. The number of ether oxygens (including phenoxy) is 1. The summed E-state index contributed by atoms with van der Waals surface area (Å²) in [6, 6.07) is 9.65. The number of carbonyl (C=O) groups is 1. The molecule has 5 nitrogen and oxygen atoms in total. The lowest BCUT2D eigenvalue weighted by atomic mass is 9.91. The second-order valence-electron chi connectivity index (χ2n) is 8.72. The molecule has 0 atom stereocenters. The molecule has 2 aromatic carbocycles. The quantitative estimate of drug-likeness (QED) is 0.717. The number of anilines is 1. The van der Waals surface area contributed by atoms with Crippen LogP contribution in [0.3, 0.4) is 0 Å². The second-order valence-corrected chi connectivity index (χ2v) is 8.72. The lowest BCUT2D eigenvalue weighted by Crippen LogP contribution is -2.31. The molecule has 0 saturated carbocycles. The van der Waals surface area contributed by atoms with Crippen molar-refractivity contribution in [2.75, 3.05) is 32.1 Å². The van der Waals surface area contributed by atoms with Gasteiger partial charge >= 0.3 is 5.97 Å². The predicted octanol–water partition coefficient (Wildman–Crippen LogP) is 5.31. The number of likely N-dealkylation sites (N-methyl/N-ethyl adjacent to an activating group) is 1. The number of carboxylic acids is 1. The Kier molecular flexibility index (Phi) is 6.18. The van der Waals surface area contributed by atoms with Crippen LogP contribution in [-0.2, 0) is 6.54 Å². The molecule has 2 aromatic rings. The molecule has 5 heteroatoms. The zero-order valence-electron chi connectivity index (χ0n) is 18.3. The van der Waals surface area contributed by atoms with Crippen molar-refractivity contribution >= 4 is 11.7 Å². The molecule has 0 radical (unpaired) electrons. The van der Waals surface area contributed by atoms with Gasteiger partial charge in [0.1, 0.15) is 5.75 Å². The Hall–Kier alpha value is -2.53. The number of hydrogen-bond acceptors (Lipinski definition) is 4. The topological polar surface area (TPSA) is 53.0 Å². The second kappa shape index (κ2) is 8.46. The van der Waals surface area contributed by atoms with E-state index >= 15 is 0 Å². The molecule has 1 N–H and O–H groups in total. The van der Waals surface area contributed by atoms with Gasteiger partial charge in [-0.05, 0) is 55.3 Å². The summed E-state index contributed by atoms with van der Waals surface area (Å²) in [5.41, 5.74) is 4.78. The van der Waals surface area contributed by atoms with Crippen molar-refractivity contribution in [3.63, 3.8) is 0 Å². The first-order valence-electron chi connectivity index (χ1n) is 10.3. The molecule has 0 bridgehead atoms. The van der Waals surface area contributed by atoms with Gasteiger partial charge in [-0.15, -0.1) is 0 Å². The monoisotopic (exact) mass is 396 g/mol. The molecule has 29 heavy (non-hydrogen) atoms. The van der Waals surface area contributed by atoms with Crippen LogP contribution in [0.4, 0.5) is 5.69 Å². The molecule has 0 fully saturated rings. The lowest BCUT2D eigenvalue weighted by molar-refractivity contribution is 0.0697. The number of carboxylic acid groups (broad SMARTS) is 1. The van der Waals surface area contributed by atoms with Gasteiger partial charge in [0.15, 0.2) is 5.75 Å². The van der Waals surface area contributed by atoms with Crippen molar-refractivity contribution in [1.29, 1.82) is 0 Å². The third kappa shape index (κ3) is 4.56. The van der Waals surface area contributed by atoms with Gasteiger partial charge in [0.05, 0.1) is 11.3 Å². The van der Waals surface area contributed by atoms with Crippen LogP contribution in [0.25, 0.3) is 0 Å². The molecule has 0 amide bonds. The van der Waals surface area contributed by atoms with Crippen LogP contribution in [0.1, 0.15) is 66.6 Å². The van der Waals surface area contributed by atoms with Crippen molar-refractivity contribution in [2.24, 2.45) is 0 Å². The fourth-order valence-electron chi connectivity index (χ4n) is 3.65. The highest BCUT2D eigenvalue weighted by molar-refractivity contribution is 5.90. The van der Waals surface area contributed by atoms with E-state index in [-0.39, 0.29) is 5.56 Å². The molecular formula is C24H32N2O3. The Morgan fingerprint density at radius 2 is 1.86 bits per heavy atom. The van der Waals surface area contributed by atoms with E-state index in [2.05, 4.69) is 49.6 Å². The smallest absolute Gasteiger partial charge is 0.335 e. The molecule has 0 spiro atoms. The molecule has 1 aliphatic rings. The van der Waals surface area contributed by atoms with Gasteiger partial charge in [0, 0.05) is 25.2 Å². The average Bonchev–Trinajstić information content (AvgIpc) is 2.80. The van der Waals surface area contributed by atoms with E-state index in [1.807, 2.05) is 14.1 Å². The van der Waals surface area contributed by atoms with Crippen LogP contribution >= 0.6 is 0 Å². The number of fused-ring (bicyclic) bond motifs is 2. The zero-order valence-corrected chi connectivity index (χ0v) is 18.3. The minimum absolute atomic E-state index is 0.278. The number of benzene rings is 2. The maximum absolute atomic E-state index is 11.6. The number of rotatable bonds is 6. The summed E-state index contributed by atoms with van der Waals surface area (Å²) >= 11 is 0. The molecule has 3 rings (SSSR count). The zero-order chi connectivity index (χ0) is 21.3. The fourth-order valence-corrected chi connectivity index (χ4v) is 3.65. The van der Waals surface area contributed by atoms with Crippen LogP contribution in [0.5, 0.6) is 11.5 Å². The summed E-state index contributed by atoms with van der Waals surface area (Å²) in [4.78, 5) is 15.9. The van der Waals surface area contributed by atoms with Crippen molar-refractivity contribution in [3.05, 3.63) is 52.6 Å². The summed E-state index contributed by atoms with van der Waals surface area (Å²) < 4.78 is 6.45. The highest BCUT2D eigenvalue weighted by atomic mass is 16.5. The predicted molar refractivity (Wildman–Crippen MR) is 118 cm³/mol. The first-order valence-corrected chi connectivity index (χ1v) is 10.3. The largest absolute Gasteiger partial charge is 0.478 e. The number of nitrogens with zero attached hydrogens (tertiary/aromatic N) is 2. The van der Waals surface area contributed by atoms with Crippen LogP contribution in [-0.4, -0.2) is 43.2 Å². The molecule has 0 unspecified atom stereocenters. The van der Waals surface area contributed by atoms with Gasteiger partial charge in [0.25, 0.3) is 0 Å². The van der Waals surface area contributed by atoms with E-state index in [9.17, 15) is 9.90 Å². The minimum atomic E-state index is -0.924. The summed E-state index contributed by atoms with van der Waals surface area (Å²) in [6.07, 6.45) is 0. The Morgan fingerprint density at radius 1 is 1.14 bits per heavy atom. The van der Waals surface area contributed by atoms with Gasteiger partial charge in [-0.2, -0.15) is 0 Å². The van der Waals surface area contributed by atoms with Crippen molar-refractivity contribution < 1.29 is 14.6 Å². The van der Waals surface area contributed by atoms with Crippen molar-refractivity contribution in [3.8, 4) is 11.5 Å². The SMILES string of the molecule is CC(C)c1cc2c(c(C(C)C)c1)Oc1ccc(C(=O)O)cc1N(CCN(C)C)C2. The average molecular weight is 397 g/mol. The molecule has 1 aliphatic heterocycles. The van der Waals surface area contributed by atoms with Gasteiger partial charge in [-0.3, -0.25) is 0 Å². The number of aromatic carboxylic acids is 1. The number of hydrogen-bond donors (Lipinski definition) is 1. The summed E-state index contributed by atoms with van der Waals surface area (Å²) in [5, 5.41) is 9.48. The maximum Gasteiger partial charge on any atom is 0.335 e. The Bertz CT molecular complexity index is 903. The Balaban J connectivity index is 2.16. The lowest BCUT2D eigenvalue weighted by Gasteiger charge is -2.26. The Morgan fingerprint density at radius 3 is 2.45 bits per heavy atom. The van der Waals surface area contributed by atoms with Crippen LogP contribution in [0.2, 0.25) is 0 Å². The summed E-state index contributed by atoms with van der Waals surface area (Å²) in [6.45, 7) is 11.1. The van der Waals surface area contributed by atoms with E-state index in [4.69, 9.17) is 4.74 Å². The highest BCUT2D eigenvalue weighted by Crippen LogP contribution is 2.44. The molecule has 0 saturated heterocycles. The summed E-state index contributed by atoms with van der Waals surface area (Å²) in [7, 11) is 4.09. The van der Waals surface area contributed by atoms with E-state index in [1.165, 1.54) is 11.1 Å². The van der Waals surface area contributed by atoms with E-state index in [0.29, 0.717) is 24.1 Å². The van der Waals surface area contributed by atoms with Crippen LogP contribution < -0.4 is 9.64 Å². The van der Waals surface area contributed by atoms with E-state index in [0.717, 1.165) is 30.1 Å². The Labute approximate surface area is 173 Å². The molecule has 156 valence electrons. The molecule has 0 aliphatic carbocycles. The molecule has 0 aromatic heterocycles. The van der Waals surface area contributed by atoms with Crippen LogP contribution in [0.15, 0.2) is 30.3 Å².